The molecule has 3 aliphatic rings. The van der Waals surface area contributed by atoms with Gasteiger partial charge in [-0.2, -0.15) is 0 Å². The van der Waals surface area contributed by atoms with Crippen molar-refractivity contribution in [2.24, 2.45) is 17.6 Å². The average molecular weight is 539 g/mol. The maximum absolute atomic E-state index is 13.3. The molecule has 0 unspecified atom stereocenters. The number of hydrogen-bond acceptors (Lipinski definition) is 5. The van der Waals surface area contributed by atoms with Gasteiger partial charge in [0.15, 0.2) is 0 Å². The van der Waals surface area contributed by atoms with E-state index < -0.39 is 0 Å². The lowest BCUT2D eigenvalue weighted by atomic mass is 10.0. The number of rotatable bonds is 10. The topological polar surface area (TPSA) is 87.9 Å². The molecule has 0 radical (unpaired) electrons. The maximum Gasteiger partial charge on any atom is 0.227 e. The summed E-state index contributed by atoms with van der Waals surface area (Å²) in [6, 6.07) is 22.9. The third-order valence-corrected chi connectivity index (χ3v) is 8.03. The predicted molar refractivity (Wildman–Crippen MR) is 158 cm³/mol. The first-order chi connectivity index (χ1) is 19.6. The van der Waals surface area contributed by atoms with E-state index in [1.54, 1.807) is 0 Å². The Labute approximate surface area is 236 Å². The van der Waals surface area contributed by atoms with Crippen molar-refractivity contribution in [1.29, 1.82) is 0 Å². The summed E-state index contributed by atoms with van der Waals surface area (Å²) >= 11 is 0. The smallest absolute Gasteiger partial charge is 0.227 e. The molecular weight excluding hydrogens is 500 g/mol. The highest BCUT2D eigenvalue weighted by Gasteiger charge is 2.33. The van der Waals surface area contributed by atoms with Crippen molar-refractivity contribution in [2.45, 2.75) is 45.3 Å². The van der Waals surface area contributed by atoms with Gasteiger partial charge < -0.3 is 25.6 Å². The normalized spacial score (nSPS) is 17.0. The minimum atomic E-state index is 0.105. The fourth-order valence-electron chi connectivity index (χ4n) is 5.42. The number of hydrogen-bond donors (Lipinski definition) is 2. The van der Waals surface area contributed by atoms with Gasteiger partial charge in [-0.25, -0.2) is 0 Å². The monoisotopic (exact) mass is 538 g/mol. The number of anilines is 2. The standard InChI is InChI=1S/C33H38N4O3/c34-20-23-3-1-4-24(17-23)21-37(33(39)27-9-10-27)22-25-5-2-6-28(18-25)29-11-12-31(36-13-15-40-16-14-36)30(19-29)35-32(38)26-7-8-26/h1-6,11-12,17-19,26-27H,7-10,13-16,20-22,34H2,(H,35,38). The first kappa shape index (κ1) is 26.5. The van der Waals surface area contributed by atoms with Gasteiger partial charge in [-0.3, -0.25) is 9.59 Å². The van der Waals surface area contributed by atoms with E-state index >= 15 is 0 Å². The summed E-state index contributed by atoms with van der Waals surface area (Å²) in [7, 11) is 0. The zero-order valence-electron chi connectivity index (χ0n) is 23.0. The number of morpholine rings is 1. The second kappa shape index (κ2) is 11.8. The van der Waals surface area contributed by atoms with E-state index in [4.69, 9.17) is 10.5 Å². The molecule has 1 aliphatic heterocycles. The first-order valence-electron chi connectivity index (χ1n) is 14.5. The molecule has 40 heavy (non-hydrogen) atoms. The molecule has 3 N–H and O–H groups in total. The Bertz CT molecular complexity index is 1380. The van der Waals surface area contributed by atoms with Crippen molar-refractivity contribution >= 4 is 23.2 Å². The van der Waals surface area contributed by atoms with Crippen LogP contribution in [0.4, 0.5) is 11.4 Å². The molecule has 0 atom stereocenters. The van der Waals surface area contributed by atoms with E-state index in [0.717, 1.165) is 78.0 Å². The largest absolute Gasteiger partial charge is 0.378 e. The van der Waals surface area contributed by atoms with Crippen molar-refractivity contribution in [3.8, 4) is 11.1 Å². The van der Waals surface area contributed by atoms with Crippen LogP contribution >= 0.6 is 0 Å². The molecule has 7 heteroatoms. The van der Waals surface area contributed by atoms with E-state index in [9.17, 15) is 9.59 Å². The molecule has 2 saturated carbocycles. The average Bonchev–Trinajstić information content (AvgIpc) is 3.90. The molecule has 0 spiro atoms. The van der Waals surface area contributed by atoms with Gasteiger partial charge in [0.1, 0.15) is 0 Å². The van der Waals surface area contributed by atoms with Crippen molar-refractivity contribution in [3.05, 3.63) is 83.4 Å². The Kier molecular flexibility index (Phi) is 7.84. The van der Waals surface area contributed by atoms with Crippen LogP contribution in [0.5, 0.6) is 0 Å². The van der Waals surface area contributed by atoms with E-state index in [1.807, 2.05) is 17.0 Å². The molecule has 0 aromatic heterocycles. The summed E-state index contributed by atoms with van der Waals surface area (Å²) in [6.07, 6.45) is 3.88. The minimum Gasteiger partial charge on any atom is -0.378 e. The second-order valence-electron chi connectivity index (χ2n) is 11.3. The van der Waals surface area contributed by atoms with Crippen LogP contribution in [0.3, 0.4) is 0 Å². The lowest BCUT2D eigenvalue weighted by Crippen LogP contribution is -2.36. The Morgan fingerprint density at radius 3 is 2.17 bits per heavy atom. The van der Waals surface area contributed by atoms with Gasteiger partial charge in [-0.1, -0.05) is 48.5 Å². The highest BCUT2D eigenvalue weighted by atomic mass is 16.5. The Morgan fingerprint density at radius 1 is 0.825 bits per heavy atom. The number of nitrogens with two attached hydrogens (primary N) is 1. The Hall–Kier alpha value is -3.68. The SMILES string of the molecule is NCc1cccc(CN(Cc2cccc(-c3ccc(N4CCOCC4)c(NC(=O)C4CC4)c3)c2)C(=O)C2CC2)c1. The van der Waals surface area contributed by atoms with Gasteiger partial charge in [0, 0.05) is 44.6 Å². The number of amides is 2. The fourth-order valence-corrected chi connectivity index (χ4v) is 5.42. The molecule has 2 aliphatic carbocycles. The van der Waals surface area contributed by atoms with E-state index in [0.29, 0.717) is 32.8 Å². The number of nitrogens with zero attached hydrogens (tertiary/aromatic N) is 2. The van der Waals surface area contributed by atoms with Gasteiger partial charge in [-0.05, 0) is 71.7 Å². The highest BCUT2D eigenvalue weighted by Crippen LogP contribution is 2.36. The molecule has 7 nitrogen and oxygen atoms in total. The van der Waals surface area contributed by atoms with Crippen LogP contribution in [-0.4, -0.2) is 43.0 Å². The molecule has 2 amide bonds. The molecule has 1 heterocycles. The van der Waals surface area contributed by atoms with Crippen molar-refractivity contribution in [3.63, 3.8) is 0 Å². The predicted octanol–water partition coefficient (Wildman–Crippen LogP) is 4.94. The molecule has 3 aromatic carbocycles. The van der Waals surface area contributed by atoms with Crippen LogP contribution in [0.15, 0.2) is 66.7 Å². The molecule has 208 valence electrons. The van der Waals surface area contributed by atoms with E-state index in [2.05, 4.69) is 64.8 Å². The number of ether oxygens (including phenoxy) is 1. The van der Waals surface area contributed by atoms with Gasteiger partial charge in [0.05, 0.1) is 24.6 Å². The molecule has 1 saturated heterocycles. The molecular formula is C33H38N4O3. The van der Waals surface area contributed by atoms with Gasteiger partial charge in [0.2, 0.25) is 11.8 Å². The van der Waals surface area contributed by atoms with Crippen molar-refractivity contribution in [2.75, 3.05) is 36.5 Å². The third kappa shape index (κ3) is 6.37. The summed E-state index contributed by atoms with van der Waals surface area (Å²) in [5, 5.41) is 3.21. The molecule has 0 bridgehead atoms. The lowest BCUT2D eigenvalue weighted by Gasteiger charge is -2.31. The van der Waals surface area contributed by atoms with Crippen LogP contribution in [0.2, 0.25) is 0 Å². The highest BCUT2D eigenvalue weighted by molar-refractivity contribution is 5.98. The van der Waals surface area contributed by atoms with E-state index in [-0.39, 0.29) is 23.7 Å². The van der Waals surface area contributed by atoms with Gasteiger partial charge in [-0.15, -0.1) is 0 Å². The lowest BCUT2D eigenvalue weighted by molar-refractivity contribution is -0.133. The van der Waals surface area contributed by atoms with Crippen LogP contribution in [0.25, 0.3) is 11.1 Å². The van der Waals surface area contributed by atoms with Crippen molar-refractivity contribution in [1.82, 2.24) is 4.90 Å². The maximum atomic E-state index is 13.3. The summed E-state index contributed by atoms with van der Waals surface area (Å²) in [6.45, 7) is 4.59. The minimum absolute atomic E-state index is 0.105. The summed E-state index contributed by atoms with van der Waals surface area (Å²) in [4.78, 5) is 30.3. The van der Waals surface area contributed by atoms with Gasteiger partial charge in [0.25, 0.3) is 0 Å². The third-order valence-electron chi connectivity index (χ3n) is 8.03. The van der Waals surface area contributed by atoms with Crippen LogP contribution < -0.4 is 16.0 Å². The summed E-state index contributed by atoms with van der Waals surface area (Å²) in [5.74, 6) is 0.605. The molecule has 3 fully saturated rings. The van der Waals surface area contributed by atoms with Crippen LogP contribution in [0, 0.1) is 11.8 Å². The summed E-state index contributed by atoms with van der Waals surface area (Å²) < 4.78 is 5.55. The fraction of sp³-hybridized carbons (Fsp3) is 0.394. The number of carbonyl (C=O) groups is 2. The second-order valence-corrected chi connectivity index (χ2v) is 11.3. The quantitative estimate of drug-likeness (QED) is 0.382. The number of nitrogens with one attached hydrogen (secondary N) is 1. The zero-order chi connectivity index (χ0) is 27.5. The van der Waals surface area contributed by atoms with Crippen LogP contribution in [-0.2, 0) is 34.0 Å². The first-order valence-corrected chi connectivity index (χ1v) is 14.5. The molecule has 6 rings (SSSR count). The number of carbonyl (C=O) groups excluding carboxylic acids is 2. The Balaban J connectivity index is 1.25. The summed E-state index contributed by atoms with van der Waals surface area (Å²) in [5.41, 5.74) is 13.1. The molecule has 3 aromatic rings. The number of benzene rings is 3. The van der Waals surface area contributed by atoms with Gasteiger partial charge >= 0.3 is 0 Å². The van der Waals surface area contributed by atoms with E-state index in [1.165, 1.54) is 0 Å². The van der Waals surface area contributed by atoms with Crippen LogP contribution in [0.1, 0.15) is 42.4 Å². The van der Waals surface area contributed by atoms with Crippen molar-refractivity contribution < 1.29 is 14.3 Å². The zero-order valence-corrected chi connectivity index (χ0v) is 23.0. The Morgan fingerprint density at radius 2 is 1.48 bits per heavy atom.